The van der Waals surface area contributed by atoms with E-state index in [2.05, 4.69) is 4.98 Å². The van der Waals surface area contributed by atoms with Crippen LogP contribution in [-0.2, 0) is 0 Å². The molecule has 0 N–H and O–H groups in total. The molecular formula is C11H6ClFN2. The van der Waals surface area contributed by atoms with E-state index in [4.69, 9.17) is 16.9 Å². The lowest BCUT2D eigenvalue weighted by Crippen LogP contribution is -1.91. The van der Waals surface area contributed by atoms with Crippen molar-refractivity contribution in [3.8, 4) is 6.07 Å². The molecule has 1 aromatic heterocycles. The minimum Gasteiger partial charge on any atom is -0.254 e. The number of pyridine rings is 1. The van der Waals surface area contributed by atoms with Crippen LogP contribution in [0.1, 0.15) is 11.1 Å². The average Bonchev–Trinajstić information content (AvgIpc) is 2.23. The Morgan fingerprint density at radius 3 is 2.87 bits per heavy atom. The van der Waals surface area contributed by atoms with Crippen LogP contribution in [0.3, 0.4) is 0 Å². The number of rotatable bonds is 0. The molecule has 0 saturated carbocycles. The molecule has 0 saturated heterocycles. The van der Waals surface area contributed by atoms with Gasteiger partial charge in [-0.1, -0.05) is 17.7 Å². The van der Waals surface area contributed by atoms with Crippen LogP contribution in [0, 0.1) is 24.1 Å². The summed E-state index contributed by atoms with van der Waals surface area (Å²) in [6, 6.07) is 4.83. The van der Waals surface area contributed by atoms with Gasteiger partial charge in [-0.15, -0.1) is 0 Å². The van der Waals surface area contributed by atoms with Gasteiger partial charge in [0.25, 0.3) is 0 Å². The summed E-state index contributed by atoms with van der Waals surface area (Å²) < 4.78 is 13.5. The Labute approximate surface area is 90.9 Å². The molecule has 0 atom stereocenters. The molecule has 0 fully saturated rings. The number of nitriles is 1. The van der Waals surface area contributed by atoms with Gasteiger partial charge in [0, 0.05) is 6.20 Å². The number of halogens is 2. The van der Waals surface area contributed by atoms with Crippen LogP contribution in [0.5, 0.6) is 0 Å². The van der Waals surface area contributed by atoms with Crippen LogP contribution in [0.2, 0.25) is 5.02 Å². The average molecular weight is 221 g/mol. The second-order valence-electron chi connectivity index (χ2n) is 3.19. The van der Waals surface area contributed by atoms with Gasteiger partial charge < -0.3 is 0 Å². The number of aromatic nitrogens is 1. The van der Waals surface area contributed by atoms with Gasteiger partial charge in [0.2, 0.25) is 0 Å². The van der Waals surface area contributed by atoms with E-state index in [1.807, 2.05) is 13.0 Å². The molecule has 0 unspecified atom stereocenters. The van der Waals surface area contributed by atoms with Gasteiger partial charge in [-0.25, -0.2) is 4.39 Å². The van der Waals surface area contributed by atoms with Gasteiger partial charge in [-0.2, -0.15) is 5.26 Å². The van der Waals surface area contributed by atoms with E-state index >= 15 is 0 Å². The minimum absolute atomic E-state index is 0.128. The van der Waals surface area contributed by atoms with E-state index in [1.165, 1.54) is 12.3 Å². The van der Waals surface area contributed by atoms with Crippen LogP contribution in [0.15, 0.2) is 18.3 Å². The van der Waals surface area contributed by atoms with E-state index < -0.39 is 5.82 Å². The predicted octanol–water partition coefficient (Wildman–Crippen LogP) is 3.21. The Bertz CT molecular complexity index is 587. The SMILES string of the molecule is Cc1ccc(F)c2c(Cl)c(C#N)cnc12. The van der Waals surface area contributed by atoms with Crippen molar-refractivity contribution in [1.82, 2.24) is 4.98 Å². The summed E-state index contributed by atoms with van der Waals surface area (Å²) in [4.78, 5) is 4.03. The lowest BCUT2D eigenvalue weighted by Gasteiger charge is -2.05. The Hall–Kier alpha value is -1.66. The molecule has 0 amide bonds. The third-order valence-electron chi connectivity index (χ3n) is 2.23. The number of aryl methyl sites for hydroxylation is 1. The lowest BCUT2D eigenvalue weighted by atomic mass is 10.1. The summed E-state index contributed by atoms with van der Waals surface area (Å²) in [5.41, 5.74) is 1.52. The highest BCUT2D eigenvalue weighted by atomic mass is 35.5. The third-order valence-corrected chi connectivity index (χ3v) is 2.62. The van der Waals surface area contributed by atoms with Crippen LogP contribution >= 0.6 is 11.6 Å². The van der Waals surface area contributed by atoms with Crippen molar-refractivity contribution in [2.75, 3.05) is 0 Å². The minimum atomic E-state index is -0.454. The van der Waals surface area contributed by atoms with E-state index in [0.717, 1.165) is 5.56 Å². The van der Waals surface area contributed by atoms with Gasteiger partial charge in [-0.3, -0.25) is 4.98 Å². The van der Waals surface area contributed by atoms with E-state index in [0.29, 0.717) is 5.52 Å². The van der Waals surface area contributed by atoms with Crippen molar-refractivity contribution in [2.45, 2.75) is 6.92 Å². The molecule has 74 valence electrons. The van der Waals surface area contributed by atoms with E-state index in [1.54, 1.807) is 6.07 Å². The zero-order valence-electron chi connectivity index (χ0n) is 7.88. The van der Waals surface area contributed by atoms with Gasteiger partial charge in [0.15, 0.2) is 0 Å². The molecule has 0 radical (unpaired) electrons. The summed E-state index contributed by atoms with van der Waals surface area (Å²) >= 11 is 5.92. The summed E-state index contributed by atoms with van der Waals surface area (Å²) in [6.45, 7) is 1.82. The molecule has 1 aromatic carbocycles. The Morgan fingerprint density at radius 2 is 2.20 bits per heavy atom. The maximum atomic E-state index is 13.5. The zero-order chi connectivity index (χ0) is 11.0. The summed E-state index contributed by atoms with van der Waals surface area (Å²) in [5, 5.41) is 9.09. The smallest absolute Gasteiger partial charge is 0.134 e. The number of hydrogen-bond donors (Lipinski definition) is 0. The second-order valence-corrected chi connectivity index (χ2v) is 3.56. The molecule has 0 aliphatic carbocycles. The Balaban J connectivity index is 3.00. The molecule has 2 aromatic rings. The highest BCUT2D eigenvalue weighted by molar-refractivity contribution is 6.36. The normalized spacial score (nSPS) is 10.3. The van der Waals surface area contributed by atoms with E-state index in [-0.39, 0.29) is 16.0 Å². The number of hydrogen-bond acceptors (Lipinski definition) is 2. The Kier molecular flexibility index (Phi) is 2.29. The van der Waals surface area contributed by atoms with Crippen molar-refractivity contribution >= 4 is 22.5 Å². The largest absolute Gasteiger partial charge is 0.254 e. The molecule has 0 spiro atoms. The van der Waals surface area contributed by atoms with Crippen molar-refractivity contribution in [2.24, 2.45) is 0 Å². The predicted molar refractivity (Wildman–Crippen MR) is 56.2 cm³/mol. The first kappa shape index (κ1) is 9.88. The first-order valence-electron chi connectivity index (χ1n) is 4.28. The first-order chi connectivity index (χ1) is 7.15. The Morgan fingerprint density at radius 1 is 1.47 bits per heavy atom. The standard InChI is InChI=1S/C11H6ClFN2/c1-6-2-3-8(13)9-10(12)7(4-14)5-15-11(6)9/h2-3,5H,1H3. The number of nitrogens with zero attached hydrogens (tertiary/aromatic N) is 2. The lowest BCUT2D eigenvalue weighted by molar-refractivity contribution is 0.639. The topological polar surface area (TPSA) is 36.7 Å². The molecule has 0 aliphatic heterocycles. The maximum absolute atomic E-state index is 13.5. The summed E-state index contributed by atoms with van der Waals surface area (Å²) in [7, 11) is 0. The zero-order valence-corrected chi connectivity index (χ0v) is 8.64. The molecule has 4 heteroatoms. The van der Waals surface area contributed by atoms with Gasteiger partial charge in [-0.05, 0) is 18.6 Å². The quantitative estimate of drug-likeness (QED) is 0.684. The van der Waals surface area contributed by atoms with Crippen molar-refractivity contribution < 1.29 is 4.39 Å². The summed E-state index contributed by atoms with van der Waals surface area (Å²) in [6.07, 6.45) is 1.36. The molecule has 2 nitrogen and oxygen atoms in total. The van der Waals surface area contributed by atoms with Gasteiger partial charge >= 0.3 is 0 Å². The third kappa shape index (κ3) is 1.43. The summed E-state index contributed by atoms with van der Waals surface area (Å²) in [5.74, 6) is -0.454. The fourth-order valence-electron chi connectivity index (χ4n) is 1.44. The van der Waals surface area contributed by atoms with Crippen molar-refractivity contribution in [1.29, 1.82) is 5.26 Å². The van der Waals surface area contributed by atoms with Crippen molar-refractivity contribution in [3.63, 3.8) is 0 Å². The molecule has 0 bridgehead atoms. The van der Waals surface area contributed by atoms with E-state index in [9.17, 15) is 4.39 Å². The van der Waals surface area contributed by atoms with Gasteiger partial charge in [0.05, 0.1) is 21.5 Å². The van der Waals surface area contributed by atoms with Crippen LogP contribution in [0.25, 0.3) is 10.9 Å². The fourth-order valence-corrected chi connectivity index (χ4v) is 1.72. The van der Waals surface area contributed by atoms with Gasteiger partial charge in [0.1, 0.15) is 11.9 Å². The molecule has 15 heavy (non-hydrogen) atoms. The second kappa shape index (κ2) is 3.48. The van der Waals surface area contributed by atoms with Crippen LogP contribution in [0.4, 0.5) is 4.39 Å². The van der Waals surface area contributed by atoms with Crippen molar-refractivity contribution in [3.05, 3.63) is 40.3 Å². The fraction of sp³-hybridized carbons (Fsp3) is 0.0909. The first-order valence-corrected chi connectivity index (χ1v) is 4.66. The number of benzene rings is 1. The molecule has 0 aliphatic rings. The maximum Gasteiger partial charge on any atom is 0.134 e. The number of fused-ring (bicyclic) bond motifs is 1. The monoisotopic (exact) mass is 220 g/mol. The van der Waals surface area contributed by atoms with Crippen LogP contribution in [-0.4, -0.2) is 4.98 Å². The molecule has 2 rings (SSSR count). The molecule has 1 heterocycles. The highest BCUT2D eigenvalue weighted by Crippen LogP contribution is 2.29. The highest BCUT2D eigenvalue weighted by Gasteiger charge is 2.12. The molecular weight excluding hydrogens is 215 g/mol. The van der Waals surface area contributed by atoms with Crippen LogP contribution < -0.4 is 0 Å².